The van der Waals surface area contributed by atoms with Crippen LogP contribution in [0.25, 0.3) is 11.4 Å². The van der Waals surface area contributed by atoms with Crippen LogP contribution in [0.4, 0.5) is 0 Å². The number of nitrogens with zero attached hydrogens (tertiary/aromatic N) is 4. The lowest BCUT2D eigenvalue weighted by Gasteiger charge is -2.23. The molecular formula is C21H20N4O3S. The average molecular weight is 408 g/mol. The smallest absolute Gasteiger partial charge is 0.271 e. The molecule has 3 aromatic rings. The number of para-hydroxylation sites is 2. The highest BCUT2D eigenvalue weighted by atomic mass is 32.1. The number of hydrogen-bond acceptors (Lipinski definition) is 6. The number of rotatable bonds is 4. The van der Waals surface area contributed by atoms with Crippen molar-refractivity contribution in [2.24, 2.45) is 5.10 Å². The van der Waals surface area contributed by atoms with Crippen LogP contribution in [-0.4, -0.2) is 51.8 Å². The highest BCUT2D eigenvalue weighted by molar-refractivity contribution is 7.71. The van der Waals surface area contributed by atoms with Crippen molar-refractivity contribution < 1.29 is 9.84 Å². The zero-order valence-electron chi connectivity index (χ0n) is 15.6. The van der Waals surface area contributed by atoms with Gasteiger partial charge in [0.25, 0.3) is 5.56 Å². The van der Waals surface area contributed by atoms with Gasteiger partial charge in [0.1, 0.15) is 5.56 Å². The van der Waals surface area contributed by atoms with Crippen LogP contribution in [0, 0.1) is 4.77 Å². The van der Waals surface area contributed by atoms with E-state index in [9.17, 15) is 9.90 Å². The lowest BCUT2D eigenvalue weighted by atomic mass is 10.2. The van der Waals surface area contributed by atoms with Crippen LogP contribution in [0.15, 0.2) is 70.6 Å². The summed E-state index contributed by atoms with van der Waals surface area (Å²) in [6.45, 7) is 2.41. The molecule has 1 N–H and O–H groups in total. The second-order valence-corrected chi connectivity index (χ2v) is 6.84. The Morgan fingerprint density at radius 1 is 0.931 bits per heavy atom. The summed E-state index contributed by atoms with van der Waals surface area (Å²) < 4.78 is 8.38. The van der Waals surface area contributed by atoms with Crippen molar-refractivity contribution >= 4 is 18.4 Å². The van der Waals surface area contributed by atoms with Gasteiger partial charge in [0.15, 0.2) is 4.77 Å². The van der Waals surface area contributed by atoms with Gasteiger partial charge in [-0.25, -0.2) is 0 Å². The van der Waals surface area contributed by atoms with Gasteiger partial charge in [0.05, 0.1) is 43.9 Å². The van der Waals surface area contributed by atoms with Gasteiger partial charge in [-0.1, -0.05) is 36.4 Å². The minimum Gasteiger partial charge on any atom is -0.494 e. The second-order valence-electron chi connectivity index (χ2n) is 6.48. The lowest BCUT2D eigenvalue weighted by molar-refractivity contribution is 0.0396. The summed E-state index contributed by atoms with van der Waals surface area (Å²) in [6, 6.07) is 18.3. The van der Waals surface area contributed by atoms with Crippen LogP contribution in [0.2, 0.25) is 0 Å². The van der Waals surface area contributed by atoms with Gasteiger partial charge in [0, 0.05) is 0 Å². The highest BCUT2D eigenvalue weighted by Crippen LogP contribution is 2.21. The molecule has 1 fully saturated rings. The molecule has 1 aliphatic heterocycles. The van der Waals surface area contributed by atoms with Crippen molar-refractivity contribution in [2.75, 3.05) is 26.3 Å². The van der Waals surface area contributed by atoms with E-state index in [0.29, 0.717) is 37.7 Å². The van der Waals surface area contributed by atoms with Crippen LogP contribution in [0.5, 0.6) is 5.88 Å². The first kappa shape index (κ1) is 19.1. The van der Waals surface area contributed by atoms with Gasteiger partial charge in [-0.2, -0.15) is 5.10 Å². The van der Waals surface area contributed by atoms with Crippen molar-refractivity contribution in [2.45, 2.75) is 0 Å². The summed E-state index contributed by atoms with van der Waals surface area (Å²) in [7, 11) is 0. The lowest BCUT2D eigenvalue weighted by Crippen LogP contribution is -2.33. The molecule has 4 rings (SSSR count). The van der Waals surface area contributed by atoms with Gasteiger partial charge in [-0.05, 0) is 36.5 Å². The molecule has 0 atom stereocenters. The Hall–Kier alpha value is -3.23. The molecule has 2 aromatic carbocycles. The maximum Gasteiger partial charge on any atom is 0.271 e. The van der Waals surface area contributed by atoms with E-state index < -0.39 is 5.56 Å². The topological polar surface area (TPSA) is 72.0 Å². The Balaban J connectivity index is 1.94. The third-order valence-electron chi connectivity index (χ3n) is 4.64. The quantitative estimate of drug-likeness (QED) is 0.531. The molecule has 0 spiro atoms. The van der Waals surface area contributed by atoms with Crippen LogP contribution >= 0.6 is 12.2 Å². The minimum atomic E-state index is -0.428. The van der Waals surface area contributed by atoms with Crippen molar-refractivity contribution in [3.63, 3.8) is 0 Å². The summed E-state index contributed by atoms with van der Waals surface area (Å²) in [5, 5.41) is 17.1. The van der Waals surface area contributed by atoms with E-state index in [-0.39, 0.29) is 16.2 Å². The maximum atomic E-state index is 13.3. The summed E-state index contributed by atoms with van der Waals surface area (Å²) in [6.07, 6.45) is 1.40. The molecule has 0 unspecified atom stereocenters. The number of aromatic hydroxyl groups is 1. The standard InChI is InChI=1S/C21H20N4O3S/c26-19-18(15-22-23-11-13-28-14-12-23)20(27)25(17-9-5-2-6-10-17)21(29)24(19)16-7-3-1-4-8-16/h1-10,15,26H,11-14H2/b22-15+. The van der Waals surface area contributed by atoms with Gasteiger partial charge in [0.2, 0.25) is 5.88 Å². The number of hydrazone groups is 1. The van der Waals surface area contributed by atoms with E-state index in [2.05, 4.69) is 5.10 Å². The Morgan fingerprint density at radius 3 is 2.07 bits per heavy atom. The van der Waals surface area contributed by atoms with E-state index in [1.54, 1.807) is 12.1 Å². The molecule has 0 amide bonds. The largest absolute Gasteiger partial charge is 0.494 e. The second kappa shape index (κ2) is 8.42. The molecule has 0 bridgehead atoms. The summed E-state index contributed by atoms with van der Waals surface area (Å²) >= 11 is 5.59. The van der Waals surface area contributed by atoms with Crippen molar-refractivity contribution in [1.29, 1.82) is 0 Å². The average Bonchev–Trinajstić information content (AvgIpc) is 2.76. The third kappa shape index (κ3) is 3.85. The summed E-state index contributed by atoms with van der Waals surface area (Å²) in [5.41, 5.74) is 0.912. The van der Waals surface area contributed by atoms with Crippen LogP contribution < -0.4 is 5.56 Å². The summed E-state index contributed by atoms with van der Waals surface area (Å²) in [5.74, 6) is -0.240. The van der Waals surface area contributed by atoms with Gasteiger partial charge >= 0.3 is 0 Å². The first-order valence-corrected chi connectivity index (χ1v) is 9.66. The minimum absolute atomic E-state index is 0.0674. The van der Waals surface area contributed by atoms with Gasteiger partial charge < -0.3 is 9.84 Å². The monoisotopic (exact) mass is 408 g/mol. The predicted molar refractivity (Wildman–Crippen MR) is 114 cm³/mol. The molecule has 8 heteroatoms. The van der Waals surface area contributed by atoms with Crippen LogP contribution in [0.1, 0.15) is 5.56 Å². The molecule has 0 aliphatic carbocycles. The highest BCUT2D eigenvalue weighted by Gasteiger charge is 2.18. The number of morpholine rings is 1. The van der Waals surface area contributed by atoms with E-state index in [1.807, 2.05) is 53.5 Å². The third-order valence-corrected chi connectivity index (χ3v) is 5.00. The van der Waals surface area contributed by atoms with Crippen molar-refractivity contribution in [1.82, 2.24) is 14.1 Å². The molecule has 2 heterocycles. The fourth-order valence-corrected chi connectivity index (χ4v) is 3.53. The van der Waals surface area contributed by atoms with Gasteiger partial charge in [-0.15, -0.1) is 0 Å². The fourth-order valence-electron chi connectivity index (χ4n) is 3.15. The van der Waals surface area contributed by atoms with Crippen molar-refractivity contribution in [3.05, 3.63) is 81.4 Å². The van der Waals surface area contributed by atoms with Crippen molar-refractivity contribution in [3.8, 4) is 17.3 Å². The SMILES string of the molecule is O=c1c(/C=N/N2CCOCC2)c(O)n(-c2ccccc2)c(=S)n1-c1ccccc1. The molecule has 1 aromatic heterocycles. The van der Waals surface area contributed by atoms with E-state index in [0.717, 1.165) is 0 Å². The molecule has 29 heavy (non-hydrogen) atoms. The molecule has 148 valence electrons. The molecule has 1 aliphatic rings. The number of ether oxygens (including phenoxy) is 1. The zero-order chi connectivity index (χ0) is 20.2. The number of hydrogen-bond donors (Lipinski definition) is 1. The Morgan fingerprint density at radius 2 is 1.48 bits per heavy atom. The van der Waals surface area contributed by atoms with Crippen LogP contribution in [-0.2, 0) is 4.74 Å². The fraction of sp³-hybridized carbons (Fsp3) is 0.190. The van der Waals surface area contributed by atoms with E-state index in [4.69, 9.17) is 17.0 Å². The Labute approximate surface area is 172 Å². The number of aromatic nitrogens is 2. The number of benzene rings is 2. The molecule has 0 radical (unpaired) electrons. The normalized spacial score (nSPS) is 14.4. The maximum absolute atomic E-state index is 13.3. The van der Waals surface area contributed by atoms with Crippen LogP contribution in [0.3, 0.4) is 0 Å². The van der Waals surface area contributed by atoms with Gasteiger partial charge in [-0.3, -0.25) is 18.9 Å². The predicted octanol–water partition coefficient (Wildman–Crippen LogP) is 2.73. The van der Waals surface area contributed by atoms with E-state index in [1.165, 1.54) is 15.3 Å². The first-order valence-electron chi connectivity index (χ1n) is 9.25. The molecule has 1 saturated heterocycles. The molecule has 7 nitrogen and oxygen atoms in total. The van der Waals surface area contributed by atoms with E-state index >= 15 is 0 Å². The first-order chi connectivity index (χ1) is 14.2. The zero-order valence-corrected chi connectivity index (χ0v) is 16.5. The molecule has 0 saturated carbocycles. The summed E-state index contributed by atoms with van der Waals surface area (Å²) in [4.78, 5) is 13.3. The molecular weight excluding hydrogens is 388 g/mol. The Bertz CT molecular complexity index is 1130. The Kier molecular flexibility index (Phi) is 5.55.